The Morgan fingerprint density at radius 1 is 1.32 bits per heavy atom. The van der Waals surface area contributed by atoms with E-state index in [0.717, 1.165) is 25.2 Å². The maximum absolute atomic E-state index is 13.7. The van der Waals surface area contributed by atoms with Gasteiger partial charge in [0.1, 0.15) is 5.82 Å². The lowest BCUT2D eigenvalue weighted by molar-refractivity contribution is 0.0565. The van der Waals surface area contributed by atoms with Crippen molar-refractivity contribution >= 4 is 11.6 Å². The molecule has 106 valence electrons. The Hall–Kier alpha value is -0.600. The molecule has 1 fully saturated rings. The van der Waals surface area contributed by atoms with Crippen LogP contribution in [0.25, 0.3) is 0 Å². The Morgan fingerprint density at radius 3 is 2.68 bits per heavy atom. The molecular formula is C16H22ClFO. The van der Waals surface area contributed by atoms with Gasteiger partial charge >= 0.3 is 0 Å². The van der Waals surface area contributed by atoms with Crippen LogP contribution in [-0.4, -0.2) is 11.2 Å². The van der Waals surface area contributed by atoms with Crippen LogP contribution in [0.5, 0.6) is 0 Å². The van der Waals surface area contributed by atoms with Crippen molar-refractivity contribution in [2.24, 2.45) is 17.8 Å². The monoisotopic (exact) mass is 284 g/mol. The van der Waals surface area contributed by atoms with Crippen molar-refractivity contribution in [3.05, 3.63) is 34.6 Å². The molecule has 0 amide bonds. The molecule has 0 bridgehead atoms. The lowest BCUT2D eigenvalue weighted by Gasteiger charge is -2.34. The third kappa shape index (κ3) is 3.49. The first-order valence-corrected chi connectivity index (χ1v) is 7.47. The summed E-state index contributed by atoms with van der Waals surface area (Å²) in [6, 6.07) is 4.68. The highest BCUT2D eigenvalue weighted by Crippen LogP contribution is 2.36. The minimum Gasteiger partial charge on any atom is -0.392 e. The van der Waals surface area contributed by atoms with E-state index >= 15 is 0 Å². The lowest BCUT2D eigenvalue weighted by Crippen LogP contribution is -2.31. The van der Waals surface area contributed by atoms with Gasteiger partial charge in [0.15, 0.2) is 0 Å². The van der Waals surface area contributed by atoms with Crippen molar-refractivity contribution in [3.8, 4) is 0 Å². The standard InChI is InChI=1S/C16H22ClFO/c1-10-6-7-12(8-11(10)2)16(19)9-13-14(17)4-3-5-15(13)18/h3-5,10-12,16,19H,6-9H2,1-2H3. The van der Waals surface area contributed by atoms with Crippen molar-refractivity contribution < 1.29 is 9.50 Å². The topological polar surface area (TPSA) is 20.2 Å². The summed E-state index contributed by atoms with van der Waals surface area (Å²) < 4.78 is 13.7. The predicted octanol–water partition coefficient (Wildman–Crippen LogP) is 4.45. The Balaban J connectivity index is 2.03. The third-order valence-electron chi connectivity index (χ3n) is 4.66. The predicted molar refractivity (Wildman–Crippen MR) is 76.8 cm³/mol. The quantitative estimate of drug-likeness (QED) is 0.869. The second-order valence-electron chi connectivity index (χ2n) is 6.00. The van der Waals surface area contributed by atoms with E-state index in [2.05, 4.69) is 13.8 Å². The van der Waals surface area contributed by atoms with Crippen LogP contribution in [0.3, 0.4) is 0 Å². The van der Waals surface area contributed by atoms with Crippen LogP contribution in [0, 0.1) is 23.6 Å². The van der Waals surface area contributed by atoms with Crippen LogP contribution in [0.4, 0.5) is 4.39 Å². The zero-order valence-corrected chi connectivity index (χ0v) is 12.3. The first kappa shape index (κ1) is 14.8. The van der Waals surface area contributed by atoms with Gasteiger partial charge < -0.3 is 5.11 Å². The maximum atomic E-state index is 13.7. The van der Waals surface area contributed by atoms with E-state index < -0.39 is 6.10 Å². The van der Waals surface area contributed by atoms with Crippen molar-refractivity contribution in [1.29, 1.82) is 0 Å². The highest BCUT2D eigenvalue weighted by molar-refractivity contribution is 6.31. The maximum Gasteiger partial charge on any atom is 0.127 e. The molecule has 0 spiro atoms. The summed E-state index contributed by atoms with van der Waals surface area (Å²) in [6.45, 7) is 4.50. The fraction of sp³-hybridized carbons (Fsp3) is 0.625. The molecular weight excluding hydrogens is 263 g/mol. The van der Waals surface area contributed by atoms with E-state index in [9.17, 15) is 9.50 Å². The molecule has 4 atom stereocenters. The van der Waals surface area contributed by atoms with Crippen LogP contribution in [0.2, 0.25) is 5.02 Å². The molecule has 1 aliphatic rings. The lowest BCUT2D eigenvalue weighted by atomic mass is 9.73. The second kappa shape index (κ2) is 6.23. The van der Waals surface area contributed by atoms with E-state index in [1.807, 2.05) is 0 Å². The van der Waals surface area contributed by atoms with Gasteiger partial charge in [0.25, 0.3) is 0 Å². The van der Waals surface area contributed by atoms with Crippen LogP contribution < -0.4 is 0 Å². The molecule has 2 rings (SSSR count). The molecule has 1 aromatic carbocycles. The minimum absolute atomic E-state index is 0.266. The number of benzene rings is 1. The summed E-state index contributed by atoms with van der Waals surface area (Å²) >= 11 is 6.01. The molecule has 1 N–H and O–H groups in total. The van der Waals surface area contributed by atoms with Gasteiger partial charge in [-0.05, 0) is 42.7 Å². The van der Waals surface area contributed by atoms with E-state index in [-0.39, 0.29) is 11.7 Å². The molecule has 0 aliphatic heterocycles. The molecule has 1 nitrogen and oxygen atoms in total. The van der Waals surface area contributed by atoms with E-state index in [4.69, 9.17) is 11.6 Å². The molecule has 0 heterocycles. The van der Waals surface area contributed by atoms with Crippen molar-refractivity contribution in [2.45, 2.75) is 45.6 Å². The molecule has 4 unspecified atom stereocenters. The SMILES string of the molecule is CC1CCC(C(O)Cc2c(F)cccc2Cl)CC1C. The highest BCUT2D eigenvalue weighted by Gasteiger charge is 2.29. The number of halogens is 2. The molecule has 1 aromatic rings. The first-order valence-electron chi connectivity index (χ1n) is 7.10. The Labute approximate surface area is 119 Å². The van der Waals surface area contributed by atoms with Gasteiger partial charge in [-0.1, -0.05) is 37.9 Å². The Bertz CT molecular complexity index is 415. The van der Waals surface area contributed by atoms with Gasteiger partial charge in [0.2, 0.25) is 0 Å². The number of hydrogen-bond donors (Lipinski definition) is 1. The van der Waals surface area contributed by atoms with Crippen LogP contribution >= 0.6 is 11.6 Å². The fourth-order valence-corrected chi connectivity index (χ4v) is 3.28. The number of hydrogen-bond acceptors (Lipinski definition) is 1. The summed E-state index contributed by atoms with van der Waals surface area (Å²) in [4.78, 5) is 0. The fourth-order valence-electron chi connectivity index (χ4n) is 3.04. The number of aliphatic hydroxyl groups excluding tert-OH is 1. The summed E-state index contributed by atoms with van der Waals surface area (Å²) in [5.74, 6) is 1.30. The Morgan fingerprint density at radius 2 is 2.05 bits per heavy atom. The molecule has 1 aliphatic carbocycles. The first-order chi connectivity index (χ1) is 8.99. The van der Waals surface area contributed by atoms with Crippen LogP contribution in [0.15, 0.2) is 18.2 Å². The van der Waals surface area contributed by atoms with E-state index in [1.165, 1.54) is 6.07 Å². The van der Waals surface area contributed by atoms with Crippen molar-refractivity contribution in [3.63, 3.8) is 0 Å². The van der Waals surface area contributed by atoms with E-state index in [1.54, 1.807) is 12.1 Å². The normalized spacial score (nSPS) is 29.2. The van der Waals surface area contributed by atoms with Crippen LogP contribution in [0.1, 0.15) is 38.7 Å². The van der Waals surface area contributed by atoms with Crippen molar-refractivity contribution in [1.82, 2.24) is 0 Å². The Kier molecular flexibility index (Phi) is 4.86. The highest BCUT2D eigenvalue weighted by atomic mass is 35.5. The average Bonchev–Trinajstić information content (AvgIpc) is 2.37. The molecule has 19 heavy (non-hydrogen) atoms. The van der Waals surface area contributed by atoms with Gasteiger partial charge in [-0.15, -0.1) is 0 Å². The summed E-state index contributed by atoms with van der Waals surface area (Å²) in [7, 11) is 0. The van der Waals surface area contributed by atoms with Gasteiger partial charge in [-0.2, -0.15) is 0 Å². The minimum atomic E-state index is -0.496. The average molecular weight is 285 g/mol. The summed E-state index contributed by atoms with van der Waals surface area (Å²) in [5.41, 5.74) is 0.447. The zero-order valence-electron chi connectivity index (χ0n) is 11.6. The largest absolute Gasteiger partial charge is 0.392 e. The number of rotatable bonds is 3. The third-order valence-corrected chi connectivity index (χ3v) is 5.01. The van der Waals surface area contributed by atoms with E-state index in [0.29, 0.717) is 22.9 Å². The summed E-state index contributed by atoms with van der Waals surface area (Å²) in [5, 5.41) is 10.8. The second-order valence-corrected chi connectivity index (χ2v) is 6.41. The molecule has 0 aromatic heterocycles. The zero-order chi connectivity index (χ0) is 14.0. The van der Waals surface area contributed by atoms with Gasteiger partial charge in [-0.3, -0.25) is 0 Å². The summed E-state index contributed by atoms with van der Waals surface area (Å²) in [6.07, 6.45) is 3.02. The van der Waals surface area contributed by atoms with Gasteiger partial charge in [0.05, 0.1) is 6.10 Å². The van der Waals surface area contributed by atoms with Crippen molar-refractivity contribution in [2.75, 3.05) is 0 Å². The molecule has 3 heteroatoms. The molecule has 1 saturated carbocycles. The van der Waals surface area contributed by atoms with Crippen LogP contribution in [-0.2, 0) is 6.42 Å². The van der Waals surface area contributed by atoms with Gasteiger partial charge in [0, 0.05) is 17.0 Å². The molecule has 0 radical (unpaired) electrons. The molecule has 0 saturated heterocycles. The van der Waals surface area contributed by atoms with Gasteiger partial charge in [-0.25, -0.2) is 4.39 Å². The number of aliphatic hydroxyl groups is 1. The smallest absolute Gasteiger partial charge is 0.127 e.